The fourth-order valence-electron chi connectivity index (χ4n) is 2.61. The Bertz CT molecular complexity index is 578. The van der Waals surface area contributed by atoms with Crippen LogP contribution in [-0.4, -0.2) is 61.9 Å². The highest BCUT2D eigenvalue weighted by Crippen LogP contribution is 2.28. The SMILES string of the molecule is CNc1cc(S(=O)(=O)N2CCN(C3CC3)CC2)ccn1. The van der Waals surface area contributed by atoms with E-state index in [1.165, 1.54) is 19.0 Å². The van der Waals surface area contributed by atoms with Crippen LogP contribution in [-0.2, 0) is 10.0 Å². The third-order valence-electron chi connectivity index (χ3n) is 3.96. The Morgan fingerprint density at radius 3 is 2.55 bits per heavy atom. The first-order valence-electron chi connectivity index (χ1n) is 6.99. The van der Waals surface area contributed by atoms with Crippen molar-refractivity contribution < 1.29 is 8.42 Å². The summed E-state index contributed by atoms with van der Waals surface area (Å²) < 4.78 is 26.8. The molecule has 0 amide bonds. The van der Waals surface area contributed by atoms with Crippen molar-refractivity contribution in [2.75, 3.05) is 38.5 Å². The molecule has 6 nitrogen and oxygen atoms in total. The standard InChI is InChI=1S/C13H20N4O2S/c1-14-13-10-12(4-5-15-13)20(18,19)17-8-6-16(7-9-17)11-2-3-11/h4-5,10-11H,2-3,6-9H2,1H3,(H,14,15). The average molecular weight is 296 g/mol. The number of sulfonamides is 1. The quantitative estimate of drug-likeness (QED) is 0.881. The van der Waals surface area contributed by atoms with Gasteiger partial charge in [0.05, 0.1) is 4.90 Å². The Kier molecular flexibility index (Phi) is 3.66. The largest absolute Gasteiger partial charge is 0.373 e. The second kappa shape index (κ2) is 5.31. The Hall–Kier alpha value is -1.18. The van der Waals surface area contributed by atoms with Crippen LogP contribution in [0, 0.1) is 0 Å². The van der Waals surface area contributed by atoms with Crippen LogP contribution >= 0.6 is 0 Å². The number of nitrogens with one attached hydrogen (secondary N) is 1. The molecular weight excluding hydrogens is 276 g/mol. The minimum absolute atomic E-state index is 0.316. The van der Waals surface area contributed by atoms with E-state index in [0.717, 1.165) is 13.1 Å². The normalized spacial score (nSPS) is 21.9. The predicted molar refractivity (Wildman–Crippen MR) is 77.1 cm³/mol. The van der Waals surface area contributed by atoms with Gasteiger partial charge in [0.25, 0.3) is 0 Å². The Labute approximate surface area is 119 Å². The van der Waals surface area contributed by atoms with Gasteiger partial charge in [-0.2, -0.15) is 4.31 Å². The zero-order valence-electron chi connectivity index (χ0n) is 11.6. The van der Waals surface area contributed by atoms with E-state index < -0.39 is 10.0 Å². The molecule has 2 heterocycles. The molecule has 1 saturated heterocycles. The van der Waals surface area contributed by atoms with E-state index in [9.17, 15) is 8.42 Å². The van der Waals surface area contributed by atoms with Crippen LogP contribution in [0.1, 0.15) is 12.8 Å². The summed E-state index contributed by atoms with van der Waals surface area (Å²) in [6.07, 6.45) is 4.06. The minimum Gasteiger partial charge on any atom is -0.373 e. The predicted octanol–water partition coefficient (Wildman–Crippen LogP) is 0.592. The van der Waals surface area contributed by atoms with Gasteiger partial charge in [0.2, 0.25) is 10.0 Å². The molecule has 0 unspecified atom stereocenters. The lowest BCUT2D eigenvalue weighted by Gasteiger charge is -2.34. The average Bonchev–Trinajstić information content (AvgIpc) is 3.32. The zero-order chi connectivity index (χ0) is 14.2. The maximum absolute atomic E-state index is 12.6. The third-order valence-corrected chi connectivity index (χ3v) is 5.86. The molecule has 1 aliphatic carbocycles. The molecule has 0 radical (unpaired) electrons. The van der Waals surface area contributed by atoms with Crippen LogP contribution < -0.4 is 5.32 Å². The van der Waals surface area contributed by atoms with Gasteiger partial charge in [-0.05, 0) is 18.9 Å². The monoisotopic (exact) mass is 296 g/mol. The third kappa shape index (κ3) is 2.65. The van der Waals surface area contributed by atoms with Crippen molar-refractivity contribution in [1.82, 2.24) is 14.2 Å². The number of pyridine rings is 1. The summed E-state index contributed by atoms with van der Waals surface area (Å²) in [5.74, 6) is 0.572. The van der Waals surface area contributed by atoms with Crippen molar-refractivity contribution >= 4 is 15.8 Å². The Morgan fingerprint density at radius 2 is 1.95 bits per heavy atom. The van der Waals surface area contributed by atoms with Crippen LogP contribution in [0.15, 0.2) is 23.2 Å². The molecule has 110 valence electrons. The molecule has 0 spiro atoms. The molecule has 0 atom stereocenters. The summed E-state index contributed by atoms with van der Waals surface area (Å²) in [7, 11) is -1.67. The second-order valence-electron chi connectivity index (χ2n) is 5.30. The molecule has 1 aromatic heterocycles. The highest BCUT2D eigenvalue weighted by atomic mass is 32.2. The van der Waals surface area contributed by atoms with Gasteiger partial charge in [-0.25, -0.2) is 13.4 Å². The van der Waals surface area contributed by atoms with Gasteiger partial charge in [-0.15, -0.1) is 0 Å². The molecule has 0 aromatic carbocycles. The van der Waals surface area contributed by atoms with Crippen molar-refractivity contribution in [3.8, 4) is 0 Å². The van der Waals surface area contributed by atoms with Gasteiger partial charge in [0, 0.05) is 51.5 Å². The van der Waals surface area contributed by atoms with Crippen molar-refractivity contribution in [1.29, 1.82) is 0 Å². The van der Waals surface area contributed by atoms with Gasteiger partial charge in [0.15, 0.2) is 0 Å². The summed E-state index contributed by atoms with van der Waals surface area (Å²) >= 11 is 0. The van der Waals surface area contributed by atoms with E-state index in [1.807, 2.05) is 0 Å². The first-order valence-corrected chi connectivity index (χ1v) is 8.43. The van der Waals surface area contributed by atoms with Crippen LogP contribution in [0.4, 0.5) is 5.82 Å². The lowest BCUT2D eigenvalue weighted by atomic mass is 10.3. The van der Waals surface area contributed by atoms with E-state index in [4.69, 9.17) is 0 Å². The summed E-state index contributed by atoms with van der Waals surface area (Å²) in [6.45, 7) is 2.84. The van der Waals surface area contributed by atoms with Crippen LogP contribution in [0.25, 0.3) is 0 Å². The lowest BCUT2D eigenvalue weighted by Crippen LogP contribution is -2.49. The fourth-order valence-corrected chi connectivity index (χ4v) is 4.04. The van der Waals surface area contributed by atoms with Crippen LogP contribution in [0.2, 0.25) is 0 Å². The minimum atomic E-state index is -3.40. The molecule has 1 saturated carbocycles. The zero-order valence-corrected chi connectivity index (χ0v) is 12.4. The van der Waals surface area contributed by atoms with Crippen molar-refractivity contribution in [2.24, 2.45) is 0 Å². The molecule has 2 fully saturated rings. The highest BCUT2D eigenvalue weighted by molar-refractivity contribution is 7.89. The second-order valence-corrected chi connectivity index (χ2v) is 7.24. The topological polar surface area (TPSA) is 65.5 Å². The summed E-state index contributed by atoms with van der Waals surface area (Å²) in [6, 6.07) is 3.85. The summed E-state index contributed by atoms with van der Waals surface area (Å²) in [5.41, 5.74) is 0. The number of hydrogen-bond donors (Lipinski definition) is 1. The lowest BCUT2D eigenvalue weighted by molar-refractivity contribution is 0.180. The molecular formula is C13H20N4O2S. The van der Waals surface area contributed by atoms with E-state index in [1.54, 1.807) is 23.5 Å². The number of rotatable bonds is 4. The van der Waals surface area contributed by atoms with E-state index in [-0.39, 0.29) is 0 Å². The van der Waals surface area contributed by atoms with Gasteiger partial charge in [-0.1, -0.05) is 0 Å². The van der Waals surface area contributed by atoms with Crippen molar-refractivity contribution in [3.05, 3.63) is 18.3 Å². The van der Waals surface area contributed by atoms with Gasteiger partial charge < -0.3 is 5.32 Å². The van der Waals surface area contributed by atoms with E-state index in [2.05, 4.69) is 15.2 Å². The fraction of sp³-hybridized carbons (Fsp3) is 0.615. The summed E-state index contributed by atoms with van der Waals surface area (Å²) in [4.78, 5) is 6.77. The Balaban J connectivity index is 1.74. The Morgan fingerprint density at radius 1 is 1.25 bits per heavy atom. The van der Waals surface area contributed by atoms with Gasteiger partial charge in [-0.3, -0.25) is 4.90 Å². The molecule has 3 rings (SSSR count). The van der Waals surface area contributed by atoms with E-state index in [0.29, 0.717) is 29.8 Å². The van der Waals surface area contributed by atoms with Gasteiger partial charge >= 0.3 is 0 Å². The molecule has 20 heavy (non-hydrogen) atoms. The highest BCUT2D eigenvalue weighted by Gasteiger charge is 2.34. The molecule has 0 bridgehead atoms. The van der Waals surface area contributed by atoms with Gasteiger partial charge in [0.1, 0.15) is 5.82 Å². The number of aromatic nitrogens is 1. The van der Waals surface area contributed by atoms with Crippen molar-refractivity contribution in [3.63, 3.8) is 0 Å². The maximum atomic E-state index is 12.6. The molecule has 1 N–H and O–H groups in total. The number of hydrogen-bond acceptors (Lipinski definition) is 5. The first-order chi connectivity index (χ1) is 9.61. The van der Waals surface area contributed by atoms with Crippen molar-refractivity contribution in [2.45, 2.75) is 23.8 Å². The molecule has 2 aliphatic rings. The van der Waals surface area contributed by atoms with Crippen LogP contribution in [0.3, 0.4) is 0 Å². The number of anilines is 1. The summed E-state index contributed by atoms with van der Waals surface area (Å²) in [5, 5.41) is 2.87. The maximum Gasteiger partial charge on any atom is 0.243 e. The first kappa shape index (κ1) is 13.8. The number of nitrogens with zero attached hydrogens (tertiary/aromatic N) is 3. The van der Waals surface area contributed by atoms with Crippen LogP contribution in [0.5, 0.6) is 0 Å². The number of piperazine rings is 1. The van der Waals surface area contributed by atoms with E-state index >= 15 is 0 Å². The molecule has 1 aliphatic heterocycles. The smallest absolute Gasteiger partial charge is 0.243 e. The molecule has 7 heteroatoms. The molecule has 1 aromatic rings.